The molecule has 0 bridgehead atoms. The number of hydrogen-bond donors (Lipinski definition) is 2. The summed E-state index contributed by atoms with van der Waals surface area (Å²) in [5.74, 6) is 0.929. The number of nitrogens with one attached hydrogen (secondary N) is 2. The molecule has 9 heteroatoms. The fourth-order valence-corrected chi connectivity index (χ4v) is 1.80. The predicted molar refractivity (Wildman–Crippen MR) is 76.9 cm³/mol. The summed E-state index contributed by atoms with van der Waals surface area (Å²) in [6, 6.07) is 1.20. The zero-order chi connectivity index (χ0) is 15.9. The van der Waals surface area contributed by atoms with E-state index in [0.29, 0.717) is 31.3 Å². The van der Waals surface area contributed by atoms with Crippen molar-refractivity contribution in [3.8, 4) is 0 Å². The summed E-state index contributed by atoms with van der Waals surface area (Å²) in [7, 11) is 3.31. The molecule has 0 spiro atoms. The maximum absolute atomic E-state index is 12.1. The number of carbonyl (C=O) groups is 1. The van der Waals surface area contributed by atoms with Gasteiger partial charge in [-0.15, -0.1) is 0 Å². The van der Waals surface area contributed by atoms with Crippen LogP contribution in [0.2, 0.25) is 0 Å². The summed E-state index contributed by atoms with van der Waals surface area (Å²) in [4.78, 5) is 17.9. The minimum absolute atomic E-state index is 0.237. The van der Waals surface area contributed by atoms with Crippen LogP contribution in [0.3, 0.4) is 0 Å². The number of hydrogen-bond acceptors (Lipinski definition) is 6. The van der Waals surface area contributed by atoms with Crippen LogP contribution in [0.4, 0.5) is 4.79 Å². The Morgan fingerprint density at radius 1 is 1.59 bits per heavy atom. The molecule has 2 heterocycles. The van der Waals surface area contributed by atoms with Crippen LogP contribution in [0.1, 0.15) is 30.4 Å². The van der Waals surface area contributed by atoms with Gasteiger partial charge in [-0.25, -0.2) is 4.79 Å². The first-order valence-corrected chi connectivity index (χ1v) is 6.91. The fourth-order valence-electron chi connectivity index (χ4n) is 1.80. The van der Waals surface area contributed by atoms with Crippen LogP contribution in [-0.2, 0) is 17.7 Å². The average Bonchev–Trinajstić information content (AvgIpc) is 3.16. The van der Waals surface area contributed by atoms with E-state index in [1.807, 2.05) is 6.07 Å². The third-order valence-corrected chi connectivity index (χ3v) is 3.04. The zero-order valence-corrected chi connectivity index (χ0v) is 12.9. The van der Waals surface area contributed by atoms with Gasteiger partial charge in [0.15, 0.2) is 5.82 Å². The highest BCUT2D eigenvalue weighted by atomic mass is 16.5. The van der Waals surface area contributed by atoms with Crippen molar-refractivity contribution in [1.29, 1.82) is 0 Å². The van der Waals surface area contributed by atoms with Crippen molar-refractivity contribution in [2.24, 2.45) is 0 Å². The standard InChI is InChI=1S/C13H20N6O3/c1-9(12-16-11(18-22-12)5-7-21-3)15-13(20)19(2)8-10-4-6-14-17-10/h4,6,9H,5,7-8H2,1-3H3,(H,14,17)(H,15,20)/t9-/m1/s1. The Labute approximate surface area is 128 Å². The number of carbonyl (C=O) groups excluding carboxylic acids is 1. The molecule has 0 aromatic carbocycles. The van der Waals surface area contributed by atoms with Crippen LogP contribution in [0.5, 0.6) is 0 Å². The molecule has 9 nitrogen and oxygen atoms in total. The molecule has 2 aromatic rings. The van der Waals surface area contributed by atoms with Gasteiger partial charge in [-0.05, 0) is 13.0 Å². The van der Waals surface area contributed by atoms with E-state index < -0.39 is 0 Å². The topological polar surface area (TPSA) is 109 Å². The SMILES string of the molecule is COCCc1noc([C@@H](C)NC(=O)N(C)Cc2ccn[nH]2)n1. The van der Waals surface area contributed by atoms with Crippen LogP contribution in [0.25, 0.3) is 0 Å². The predicted octanol–water partition coefficient (Wildman–Crippen LogP) is 0.884. The minimum atomic E-state index is -0.375. The summed E-state index contributed by atoms with van der Waals surface area (Å²) < 4.78 is 10.1. The second-order valence-corrected chi connectivity index (χ2v) is 4.90. The van der Waals surface area contributed by atoms with Gasteiger partial charge in [-0.1, -0.05) is 5.16 Å². The van der Waals surface area contributed by atoms with Crippen molar-refractivity contribution < 1.29 is 14.1 Å². The average molecular weight is 308 g/mol. The number of ether oxygens (including phenoxy) is 1. The van der Waals surface area contributed by atoms with E-state index in [0.717, 1.165) is 5.69 Å². The maximum Gasteiger partial charge on any atom is 0.318 e. The summed E-state index contributed by atoms with van der Waals surface area (Å²) in [5.41, 5.74) is 0.852. The molecule has 2 rings (SSSR count). The molecule has 0 aliphatic heterocycles. The number of H-pyrrole nitrogens is 1. The van der Waals surface area contributed by atoms with Gasteiger partial charge in [-0.2, -0.15) is 10.1 Å². The second-order valence-electron chi connectivity index (χ2n) is 4.90. The van der Waals surface area contributed by atoms with Gasteiger partial charge in [0.1, 0.15) is 6.04 Å². The van der Waals surface area contributed by atoms with Gasteiger partial charge >= 0.3 is 6.03 Å². The van der Waals surface area contributed by atoms with Crippen molar-refractivity contribution >= 4 is 6.03 Å². The Hall–Kier alpha value is -2.42. The summed E-state index contributed by atoms with van der Waals surface area (Å²) in [6.45, 7) is 2.74. The number of aromatic nitrogens is 4. The van der Waals surface area contributed by atoms with Gasteiger partial charge < -0.3 is 19.5 Å². The fraction of sp³-hybridized carbons (Fsp3) is 0.538. The third kappa shape index (κ3) is 4.29. The van der Waals surface area contributed by atoms with Crippen molar-refractivity contribution in [2.45, 2.75) is 25.9 Å². The van der Waals surface area contributed by atoms with Crippen LogP contribution in [0.15, 0.2) is 16.8 Å². The van der Waals surface area contributed by atoms with Gasteiger partial charge in [0.25, 0.3) is 0 Å². The number of urea groups is 1. The van der Waals surface area contributed by atoms with Crippen molar-refractivity contribution in [3.63, 3.8) is 0 Å². The Bertz CT molecular complexity index is 582. The molecular weight excluding hydrogens is 288 g/mol. The number of rotatable bonds is 7. The Balaban J connectivity index is 1.86. The van der Waals surface area contributed by atoms with E-state index in [4.69, 9.17) is 9.26 Å². The summed E-state index contributed by atoms with van der Waals surface area (Å²) in [6.07, 6.45) is 2.21. The lowest BCUT2D eigenvalue weighted by Gasteiger charge is -2.19. The first-order valence-electron chi connectivity index (χ1n) is 6.91. The van der Waals surface area contributed by atoms with Crippen LogP contribution in [-0.4, -0.2) is 52.0 Å². The van der Waals surface area contributed by atoms with Crippen molar-refractivity contribution in [1.82, 2.24) is 30.6 Å². The summed E-state index contributed by atoms with van der Waals surface area (Å²) >= 11 is 0. The highest BCUT2D eigenvalue weighted by Gasteiger charge is 2.18. The van der Waals surface area contributed by atoms with Gasteiger partial charge in [0, 0.05) is 26.8 Å². The molecule has 0 fully saturated rings. The largest absolute Gasteiger partial charge is 0.384 e. The lowest BCUT2D eigenvalue weighted by atomic mass is 10.3. The Kier molecular flexibility index (Phi) is 5.48. The second kappa shape index (κ2) is 7.55. The molecule has 0 saturated heterocycles. The molecular formula is C13H20N6O3. The van der Waals surface area contributed by atoms with E-state index in [-0.39, 0.29) is 12.1 Å². The molecule has 1 atom stereocenters. The Morgan fingerprint density at radius 3 is 3.09 bits per heavy atom. The van der Waals surface area contributed by atoms with E-state index >= 15 is 0 Å². The van der Waals surface area contributed by atoms with Gasteiger partial charge in [0.05, 0.1) is 18.8 Å². The molecule has 2 aromatic heterocycles. The molecule has 22 heavy (non-hydrogen) atoms. The van der Waals surface area contributed by atoms with E-state index in [1.165, 1.54) is 4.90 Å². The number of methoxy groups -OCH3 is 1. The molecule has 2 N–H and O–H groups in total. The molecule has 120 valence electrons. The number of amides is 2. The van der Waals surface area contributed by atoms with Gasteiger partial charge in [0.2, 0.25) is 5.89 Å². The lowest BCUT2D eigenvalue weighted by Crippen LogP contribution is -2.38. The Morgan fingerprint density at radius 2 is 2.41 bits per heavy atom. The van der Waals surface area contributed by atoms with E-state index in [2.05, 4.69) is 25.7 Å². The smallest absolute Gasteiger partial charge is 0.318 e. The molecule has 0 radical (unpaired) electrons. The molecule has 0 aliphatic carbocycles. The maximum atomic E-state index is 12.1. The first kappa shape index (κ1) is 16.0. The monoisotopic (exact) mass is 308 g/mol. The van der Waals surface area contributed by atoms with Crippen LogP contribution < -0.4 is 5.32 Å². The normalized spacial score (nSPS) is 12.1. The first-order chi connectivity index (χ1) is 10.6. The zero-order valence-electron chi connectivity index (χ0n) is 12.9. The quantitative estimate of drug-likeness (QED) is 0.786. The van der Waals surface area contributed by atoms with Crippen LogP contribution >= 0.6 is 0 Å². The highest BCUT2D eigenvalue weighted by Crippen LogP contribution is 2.10. The lowest BCUT2D eigenvalue weighted by molar-refractivity contribution is 0.198. The van der Waals surface area contributed by atoms with E-state index in [1.54, 1.807) is 27.3 Å². The summed E-state index contributed by atoms with van der Waals surface area (Å²) in [5, 5.41) is 13.3. The van der Waals surface area contributed by atoms with Crippen molar-refractivity contribution in [2.75, 3.05) is 20.8 Å². The molecule has 0 unspecified atom stereocenters. The molecule has 0 saturated carbocycles. The van der Waals surface area contributed by atoms with Crippen LogP contribution in [0, 0.1) is 0 Å². The molecule has 0 aliphatic rings. The highest BCUT2D eigenvalue weighted by molar-refractivity contribution is 5.74. The molecule has 2 amide bonds. The minimum Gasteiger partial charge on any atom is -0.384 e. The third-order valence-electron chi connectivity index (χ3n) is 3.04. The van der Waals surface area contributed by atoms with Crippen molar-refractivity contribution in [3.05, 3.63) is 29.7 Å². The number of nitrogens with zero attached hydrogens (tertiary/aromatic N) is 4. The van der Waals surface area contributed by atoms with Gasteiger partial charge in [-0.3, -0.25) is 5.10 Å². The number of aromatic amines is 1. The van der Waals surface area contributed by atoms with E-state index in [9.17, 15) is 4.79 Å².